The maximum absolute atomic E-state index is 11.3. The number of hydrogen-bond acceptors (Lipinski definition) is 5. The van der Waals surface area contributed by atoms with Crippen LogP contribution in [-0.4, -0.2) is 38.7 Å². The van der Waals surface area contributed by atoms with E-state index in [4.69, 9.17) is 14.2 Å². The van der Waals surface area contributed by atoms with Crippen LogP contribution < -0.4 is 4.74 Å². The molecule has 0 radical (unpaired) electrons. The van der Waals surface area contributed by atoms with Gasteiger partial charge in [-0.2, -0.15) is 0 Å². The van der Waals surface area contributed by atoms with E-state index in [1.165, 1.54) is 14.0 Å². The molecule has 0 saturated heterocycles. The van der Waals surface area contributed by atoms with Crippen molar-refractivity contribution in [1.82, 2.24) is 0 Å². The number of carbonyl (C=O) groups excluding carboxylic acids is 2. The van der Waals surface area contributed by atoms with Gasteiger partial charge in [0.25, 0.3) is 0 Å². The predicted molar refractivity (Wildman–Crippen MR) is 64.8 cm³/mol. The van der Waals surface area contributed by atoms with Crippen LogP contribution in [0.25, 0.3) is 0 Å². The number of esters is 1. The lowest BCUT2D eigenvalue weighted by atomic mass is 10.1. The molecule has 0 N–H and O–H groups in total. The number of hydrogen-bond donors (Lipinski definition) is 0. The van der Waals surface area contributed by atoms with Crippen LogP contribution in [-0.2, 0) is 14.3 Å². The Kier molecular flexibility index (Phi) is 5.87. The van der Waals surface area contributed by atoms with Gasteiger partial charge in [0, 0.05) is 7.11 Å². The van der Waals surface area contributed by atoms with Gasteiger partial charge < -0.3 is 14.2 Å². The third-order valence-corrected chi connectivity index (χ3v) is 2.16. The number of para-hydroxylation sites is 1. The lowest BCUT2D eigenvalue weighted by Crippen LogP contribution is -2.17. The molecule has 0 bridgehead atoms. The van der Waals surface area contributed by atoms with E-state index in [9.17, 15) is 9.59 Å². The van der Waals surface area contributed by atoms with E-state index in [1.807, 2.05) is 0 Å². The Hall–Kier alpha value is -1.88. The number of methoxy groups -OCH3 is 1. The van der Waals surface area contributed by atoms with Gasteiger partial charge in [-0.25, -0.2) is 4.79 Å². The average Bonchev–Trinajstić information content (AvgIpc) is 2.37. The van der Waals surface area contributed by atoms with Crippen LogP contribution in [0.2, 0.25) is 0 Å². The van der Waals surface area contributed by atoms with Crippen molar-refractivity contribution in [2.75, 3.05) is 26.9 Å². The molecule has 5 nitrogen and oxygen atoms in total. The van der Waals surface area contributed by atoms with Crippen molar-refractivity contribution in [3.05, 3.63) is 29.8 Å². The van der Waals surface area contributed by atoms with E-state index in [2.05, 4.69) is 0 Å². The van der Waals surface area contributed by atoms with Gasteiger partial charge in [0.2, 0.25) is 0 Å². The molecule has 0 aliphatic rings. The second-order valence-electron chi connectivity index (χ2n) is 3.55. The number of rotatable bonds is 7. The smallest absolute Gasteiger partial charge is 0.344 e. The molecule has 98 valence electrons. The van der Waals surface area contributed by atoms with Gasteiger partial charge in [0.15, 0.2) is 12.4 Å². The number of ketones is 1. The third kappa shape index (κ3) is 4.55. The van der Waals surface area contributed by atoms with E-state index in [0.29, 0.717) is 17.9 Å². The van der Waals surface area contributed by atoms with E-state index in [0.717, 1.165) is 0 Å². The normalized spacial score (nSPS) is 9.89. The largest absolute Gasteiger partial charge is 0.481 e. The second-order valence-corrected chi connectivity index (χ2v) is 3.55. The zero-order valence-electron chi connectivity index (χ0n) is 10.5. The van der Waals surface area contributed by atoms with Crippen LogP contribution in [0.15, 0.2) is 24.3 Å². The summed E-state index contributed by atoms with van der Waals surface area (Å²) >= 11 is 0. The minimum atomic E-state index is -0.495. The Morgan fingerprint density at radius 3 is 2.56 bits per heavy atom. The number of Topliss-reactive ketones (excluding diaryl/α,β-unsaturated/α-hetero) is 1. The van der Waals surface area contributed by atoms with Crippen molar-refractivity contribution < 1.29 is 23.8 Å². The third-order valence-electron chi connectivity index (χ3n) is 2.16. The molecule has 0 aliphatic carbocycles. The van der Waals surface area contributed by atoms with Crippen LogP contribution in [0.1, 0.15) is 17.3 Å². The van der Waals surface area contributed by atoms with E-state index >= 15 is 0 Å². The second kappa shape index (κ2) is 7.45. The zero-order valence-corrected chi connectivity index (χ0v) is 10.5. The molecule has 0 heterocycles. The lowest BCUT2D eigenvalue weighted by molar-refractivity contribution is -0.147. The summed E-state index contributed by atoms with van der Waals surface area (Å²) in [5.41, 5.74) is 0.446. The highest BCUT2D eigenvalue weighted by molar-refractivity contribution is 5.96. The van der Waals surface area contributed by atoms with Crippen LogP contribution in [0, 0.1) is 0 Å². The van der Waals surface area contributed by atoms with Crippen LogP contribution in [0.3, 0.4) is 0 Å². The van der Waals surface area contributed by atoms with Crippen molar-refractivity contribution in [2.45, 2.75) is 6.92 Å². The summed E-state index contributed by atoms with van der Waals surface area (Å²) < 4.78 is 14.8. The van der Waals surface area contributed by atoms with Crippen molar-refractivity contribution in [3.63, 3.8) is 0 Å². The van der Waals surface area contributed by atoms with Gasteiger partial charge >= 0.3 is 5.97 Å². The minimum absolute atomic E-state index is 0.113. The molecule has 1 aromatic carbocycles. The molecule has 1 rings (SSSR count). The fourth-order valence-corrected chi connectivity index (χ4v) is 1.30. The standard InChI is InChI=1S/C13H16O5/c1-10(14)11-5-3-4-6-12(11)18-9-13(15)17-8-7-16-2/h3-6H,7-9H2,1-2H3. The van der Waals surface area contributed by atoms with Gasteiger partial charge in [0.1, 0.15) is 12.4 Å². The van der Waals surface area contributed by atoms with Crippen molar-refractivity contribution in [1.29, 1.82) is 0 Å². The quantitative estimate of drug-likeness (QED) is 0.417. The summed E-state index contributed by atoms with van der Waals surface area (Å²) in [6, 6.07) is 6.76. The van der Waals surface area contributed by atoms with Crippen LogP contribution >= 0.6 is 0 Å². The highest BCUT2D eigenvalue weighted by atomic mass is 16.6. The molecule has 0 aliphatic heterocycles. The van der Waals surface area contributed by atoms with E-state index in [1.54, 1.807) is 24.3 Å². The van der Waals surface area contributed by atoms with Crippen LogP contribution in [0.4, 0.5) is 0 Å². The first-order chi connectivity index (χ1) is 8.65. The number of benzene rings is 1. The fourth-order valence-electron chi connectivity index (χ4n) is 1.30. The SMILES string of the molecule is COCCOC(=O)COc1ccccc1C(C)=O. The molecule has 0 saturated carbocycles. The first-order valence-electron chi connectivity index (χ1n) is 5.52. The predicted octanol–water partition coefficient (Wildman–Crippen LogP) is 1.46. The summed E-state index contributed by atoms with van der Waals surface area (Å²) in [5, 5.41) is 0. The van der Waals surface area contributed by atoms with Gasteiger partial charge in [0.05, 0.1) is 12.2 Å². The highest BCUT2D eigenvalue weighted by Crippen LogP contribution is 2.18. The summed E-state index contributed by atoms with van der Waals surface area (Å²) in [5.74, 6) is -0.225. The fraction of sp³-hybridized carbons (Fsp3) is 0.385. The summed E-state index contributed by atoms with van der Waals surface area (Å²) in [6.07, 6.45) is 0. The average molecular weight is 252 g/mol. The van der Waals surface area contributed by atoms with Gasteiger partial charge in [-0.3, -0.25) is 4.79 Å². The molecule has 0 spiro atoms. The maximum atomic E-state index is 11.3. The summed E-state index contributed by atoms with van der Waals surface area (Å²) in [6.45, 7) is 1.75. The molecule has 0 unspecified atom stereocenters. The Balaban J connectivity index is 2.48. The highest BCUT2D eigenvalue weighted by Gasteiger charge is 2.10. The molecule has 0 atom stereocenters. The van der Waals surface area contributed by atoms with Gasteiger partial charge in [-0.15, -0.1) is 0 Å². The lowest BCUT2D eigenvalue weighted by Gasteiger charge is -2.09. The molecular weight excluding hydrogens is 236 g/mol. The molecule has 0 amide bonds. The molecule has 1 aromatic rings. The molecular formula is C13H16O5. The zero-order chi connectivity index (χ0) is 13.4. The number of carbonyl (C=O) groups is 2. The molecule has 5 heteroatoms. The van der Waals surface area contributed by atoms with E-state index in [-0.39, 0.29) is 19.0 Å². The maximum Gasteiger partial charge on any atom is 0.344 e. The van der Waals surface area contributed by atoms with Gasteiger partial charge in [-0.05, 0) is 19.1 Å². The topological polar surface area (TPSA) is 61.8 Å². The minimum Gasteiger partial charge on any atom is -0.481 e. The number of ether oxygens (including phenoxy) is 3. The Labute approximate surface area is 106 Å². The Morgan fingerprint density at radius 2 is 1.89 bits per heavy atom. The monoisotopic (exact) mass is 252 g/mol. The van der Waals surface area contributed by atoms with E-state index < -0.39 is 5.97 Å². The Bertz CT molecular complexity index is 414. The molecule has 18 heavy (non-hydrogen) atoms. The van der Waals surface area contributed by atoms with Crippen molar-refractivity contribution >= 4 is 11.8 Å². The van der Waals surface area contributed by atoms with Gasteiger partial charge in [-0.1, -0.05) is 12.1 Å². The molecule has 0 fully saturated rings. The first-order valence-corrected chi connectivity index (χ1v) is 5.52. The van der Waals surface area contributed by atoms with Crippen molar-refractivity contribution in [3.8, 4) is 5.75 Å². The van der Waals surface area contributed by atoms with Crippen molar-refractivity contribution in [2.24, 2.45) is 0 Å². The summed E-state index contributed by atoms with van der Waals surface area (Å²) in [4.78, 5) is 22.6. The molecule has 0 aromatic heterocycles. The van der Waals surface area contributed by atoms with Crippen LogP contribution in [0.5, 0.6) is 5.75 Å². The summed E-state index contributed by atoms with van der Waals surface area (Å²) in [7, 11) is 1.52. The Morgan fingerprint density at radius 1 is 1.17 bits per heavy atom. The first kappa shape index (κ1) is 14.2.